The fourth-order valence-electron chi connectivity index (χ4n) is 1.83. The van der Waals surface area contributed by atoms with Crippen LogP contribution < -0.4 is 5.73 Å². The second kappa shape index (κ2) is 6.17. The summed E-state index contributed by atoms with van der Waals surface area (Å²) in [6.07, 6.45) is 5.53. The van der Waals surface area contributed by atoms with Crippen LogP contribution >= 0.6 is 15.9 Å². The van der Waals surface area contributed by atoms with Crippen molar-refractivity contribution in [2.45, 2.75) is 32.1 Å². The summed E-state index contributed by atoms with van der Waals surface area (Å²) in [4.78, 5) is 4.47. The zero-order valence-electron chi connectivity index (χ0n) is 9.79. The van der Waals surface area contributed by atoms with Gasteiger partial charge in [-0.05, 0) is 37.6 Å². The van der Waals surface area contributed by atoms with Gasteiger partial charge in [0.1, 0.15) is 5.52 Å². The molecule has 0 aliphatic heterocycles. The van der Waals surface area contributed by atoms with Crippen LogP contribution in [0.15, 0.2) is 27.1 Å². The summed E-state index contributed by atoms with van der Waals surface area (Å²) in [7, 11) is 0. The summed E-state index contributed by atoms with van der Waals surface area (Å²) in [6.45, 7) is 0.789. The third-order valence-electron chi connectivity index (χ3n) is 2.74. The minimum Gasteiger partial charge on any atom is -0.441 e. The summed E-state index contributed by atoms with van der Waals surface area (Å²) < 4.78 is 6.71. The molecule has 0 saturated heterocycles. The normalized spacial score (nSPS) is 11.2. The molecule has 0 fully saturated rings. The zero-order chi connectivity index (χ0) is 12.1. The smallest absolute Gasteiger partial charge is 0.195 e. The van der Waals surface area contributed by atoms with Crippen molar-refractivity contribution >= 4 is 27.0 Å². The SMILES string of the molecule is NCCCCCCc1nc2cc(Br)ccc2o1. The Morgan fingerprint density at radius 3 is 2.82 bits per heavy atom. The van der Waals surface area contributed by atoms with E-state index in [0.29, 0.717) is 0 Å². The minimum atomic E-state index is 0.789. The molecule has 0 atom stereocenters. The Kier molecular flexibility index (Phi) is 4.57. The van der Waals surface area contributed by atoms with Gasteiger partial charge < -0.3 is 10.2 Å². The van der Waals surface area contributed by atoms with E-state index in [1.807, 2.05) is 18.2 Å². The van der Waals surface area contributed by atoms with Gasteiger partial charge in [-0.25, -0.2) is 4.98 Å². The molecule has 0 radical (unpaired) electrons. The van der Waals surface area contributed by atoms with Crippen LogP contribution in [0.25, 0.3) is 11.1 Å². The van der Waals surface area contributed by atoms with Crippen molar-refractivity contribution < 1.29 is 4.42 Å². The van der Waals surface area contributed by atoms with E-state index in [0.717, 1.165) is 47.3 Å². The van der Waals surface area contributed by atoms with Gasteiger partial charge >= 0.3 is 0 Å². The van der Waals surface area contributed by atoms with E-state index < -0.39 is 0 Å². The van der Waals surface area contributed by atoms with Crippen molar-refractivity contribution in [3.63, 3.8) is 0 Å². The second-order valence-electron chi connectivity index (χ2n) is 4.17. The predicted molar refractivity (Wildman–Crippen MR) is 72.9 cm³/mol. The molecule has 1 aromatic heterocycles. The van der Waals surface area contributed by atoms with Gasteiger partial charge in [-0.2, -0.15) is 0 Å². The van der Waals surface area contributed by atoms with Gasteiger partial charge in [0.25, 0.3) is 0 Å². The lowest BCUT2D eigenvalue weighted by atomic mass is 10.1. The molecule has 0 aliphatic carbocycles. The highest BCUT2D eigenvalue weighted by Gasteiger charge is 2.05. The number of unbranched alkanes of at least 4 members (excludes halogenated alkanes) is 3. The van der Waals surface area contributed by atoms with Crippen molar-refractivity contribution in [3.8, 4) is 0 Å². The lowest BCUT2D eigenvalue weighted by Gasteiger charge is -1.96. The van der Waals surface area contributed by atoms with Crippen LogP contribution in [-0.2, 0) is 6.42 Å². The standard InChI is InChI=1S/C13H17BrN2O/c14-10-6-7-12-11(9-10)16-13(17-12)5-3-1-2-4-8-15/h6-7,9H,1-5,8,15H2. The minimum absolute atomic E-state index is 0.789. The Morgan fingerprint density at radius 2 is 2.00 bits per heavy atom. The molecule has 0 unspecified atom stereocenters. The molecule has 3 nitrogen and oxygen atoms in total. The van der Waals surface area contributed by atoms with Crippen LogP contribution in [0.1, 0.15) is 31.6 Å². The predicted octanol–water partition coefficient (Wildman–Crippen LogP) is 3.65. The molecule has 2 aromatic rings. The first-order valence-corrected chi connectivity index (χ1v) is 6.84. The molecule has 1 heterocycles. The Hall–Kier alpha value is -0.870. The molecular weight excluding hydrogens is 280 g/mol. The highest BCUT2D eigenvalue weighted by atomic mass is 79.9. The third-order valence-corrected chi connectivity index (χ3v) is 3.23. The number of nitrogens with two attached hydrogens (primary N) is 1. The van der Waals surface area contributed by atoms with Crippen LogP contribution in [0, 0.1) is 0 Å². The summed E-state index contributed by atoms with van der Waals surface area (Å²) in [5.41, 5.74) is 7.24. The molecule has 0 amide bonds. The first-order chi connectivity index (χ1) is 8.29. The molecule has 2 rings (SSSR count). The maximum Gasteiger partial charge on any atom is 0.195 e. The molecule has 0 aliphatic rings. The quantitative estimate of drug-likeness (QED) is 0.828. The number of rotatable bonds is 6. The first kappa shape index (κ1) is 12.6. The molecule has 92 valence electrons. The van der Waals surface area contributed by atoms with E-state index in [9.17, 15) is 0 Å². The Labute approximate surface area is 110 Å². The van der Waals surface area contributed by atoms with E-state index >= 15 is 0 Å². The maximum absolute atomic E-state index is 5.67. The molecule has 0 saturated carbocycles. The molecule has 0 spiro atoms. The van der Waals surface area contributed by atoms with Gasteiger partial charge in [-0.3, -0.25) is 0 Å². The van der Waals surface area contributed by atoms with Gasteiger partial charge in [0.15, 0.2) is 11.5 Å². The number of hydrogen-bond donors (Lipinski definition) is 1. The second-order valence-corrected chi connectivity index (χ2v) is 5.09. The maximum atomic E-state index is 5.67. The zero-order valence-corrected chi connectivity index (χ0v) is 11.4. The number of aryl methyl sites for hydroxylation is 1. The molecule has 17 heavy (non-hydrogen) atoms. The van der Waals surface area contributed by atoms with Crippen LogP contribution in [0.4, 0.5) is 0 Å². The Bertz CT molecular complexity index is 481. The van der Waals surface area contributed by atoms with Gasteiger partial charge in [0, 0.05) is 10.9 Å². The average Bonchev–Trinajstić information content (AvgIpc) is 2.70. The topological polar surface area (TPSA) is 52.0 Å². The number of fused-ring (bicyclic) bond motifs is 1. The van der Waals surface area contributed by atoms with Gasteiger partial charge in [-0.1, -0.05) is 28.8 Å². The fourth-order valence-corrected chi connectivity index (χ4v) is 2.18. The lowest BCUT2D eigenvalue weighted by Crippen LogP contribution is -1.97. The van der Waals surface area contributed by atoms with E-state index in [1.165, 1.54) is 12.8 Å². The largest absolute Gasteiger partial charge is 0.441 e. The molecule has 1 aromatic carbocycles. The highest BCUT2D eigenvalue weighted by Crippen LogP contribution is 2.21. The molecular formula is C13H17BrN2O. The van der Waals surface area contributed by atoms with Gasteiger partial charge in [0.2, 0.25) is 0 Å². The van der Waals surface area contributed by atoms with Crippen molar-refractivity contribution in [1.82, 2.24) is 4.98 Å². The lowest BCUT2D eigenvalue weighted by molar-refractivity contribution is 0.508. The molecule has 0 bridgehead atoms. The fraction of sp³-hybridized carbons (Fsp3) is 0.462. The van der Waals surface area contributed by atoms with Crippen molar-refractivity contribution in [3.05, 3.63) is 28.6 Å². The van der Waals surface area contributed by atoms with Crippen LogP contribution in [0.2, 0.25) is 0 Å². The van der Waals surface area contributed by atoms with Crippen molar-refractivity contribution in [2.75, 3.05) is 6.54 Å². The van der Waals surface area contributed by atoms with Gasteiger partial charge in [0.05, 0.1) is 0 Å². The number of oxazole rings is 1. The van der Waals surface area contributed by atoms with Crippen molar-refractivity contribution in [2.24, 2.45) is 5.73 Å². The molecule has 4 heteroatoms. The average molecular weight is 297 g/mol. The summed E-state index contributed by atoms with van der Waals surface area (Å²) >= 11 is 3.43. The summed E-state index contributed by atoms with van der Waals surface area (Å²) in [5, 5.41) is 0. The van der Waals surface area contributed by atoms with Gasteiger partial charge in [-0.15, -0.1) is 0 Å². The van der Waals surface area contributed by atoms with E-state index in [2.05, 4.69) is 20.9 Å². The van der Waals surface area contributed by atoms with Crippen molar-refractivity contribution in [1.29, 1.82) is 0 Å². The number of aromatic nitrogens is 1. The number of nitrogens with zero attached hydrogens (tertiary/aromatic N) is 1. The number of hydrogen-bond acceptors (Lipinski definition) is 3. The summed E-state index contributed by atoms with van der Waals surface area (Å²) in [5.74, 6) is 0.839. The van der Waals surface area contributed by atoms with E-state index in [1.54, 1.807) is 0 Å². The summed E-state index contributed by atoms with van der Waals surface area (Å²) in [6, 6.07) is 5.90. The Balaban J connectivity index is 1.91. The number of benzene rings is 1. The van der Waals surface area contributed by atoms with Crippen LogP contribution in [-0.4, -0.2) is 11.5 Å². The van der Waals surface area contributed by atoms with E-state index in [-0.39, 0.29) is 0 Å². The van der Waals surface area contributed by atoms with Crippen LogP contribution in [0.5, 0.6) is 0 Å². The third kappa shape index (κ3) is 3.54. The van der Waals surface area contributed by atoms with E-state index in [4.69, 9.17) is 10.2 Å². The monoisotopic (exact) mass is 296 g/mol. The highest BCUT2D eigenvalue weighted by molar-refractivity contribution is 9.10. The Morgan fingerprint density at radius 1 is 1.18 bits per heavy atom. The number of halogens is 1. The molecule has 2 N–H and O–H groups in total. The first-order valence-electron chi connectivity index (χ1n) is 6.04. The van der Waals surface area contributed by atoms with Crippen LogP contribution in [0.3, 0.4) is 0 Å².